The highest BCUT2D eigenvalue weighted by Crippen LogP contribution is 2.28. The number of hydrazine groups is 1. The molecule has 1 rings (SSSR count). The van der Waals surface area contributed by atoms with Crippen molar-refractivity contribution in [3.8, 4) is 5.75 Å². The van der Waals surface area contributed by atoms with Crippen molar-refractivity contribution in [3.63, 3.8) is 0 Å². The Morgan fingerprint density at radius 2 is 1.95 bits per heavy atom. The van der Waals surface area contributed by atoms with Crippen LogP contribution in [0.25, 0.3) is 0 Å². The summed E-state index contributed by atoms with van der Waals surface area (Å²) in [5, 5.41) is 5.76. The van der Waals surface area contributed by atoms with Gasteiger partial charge in [-0.15, -0.1) is 0 Å². The van der Waals surface area contributed by atoms with Crippen LogP contribution in [0.15, 0.2) is 6.33 Å². The normalized spacial score (nSPS) is 11.9. The van der Waals surface area contributed by atoms with Crippen LogP contribution in [0.5, 0.6) is 5.75 Å². The number of amides is 1. The number of carbonyl (C=O) groups is 1. The third kappa shape index (κ3) is 3.95. The predicted molar refractivity (Wildman–Crippen MR) is 72.8 cm³/mol. The van der Waals surface area contributed by atoms with Gasteiger partial charge in [0, 0.05) is 6.04 Å². The number of nitrogens with one attached hydrogen (secondary N) is 3. The highest BCUT2D eigenvalue weighted by atomic mass is 16.5. The van der Waals surface area contributed by atoms with Crippen molar-refractivity contribution >= 4 is 17.5 Å². The molecule has 1 heterocycles. The number of nitrogens with two attached hydrogens (primary N) is 1. The van der Waals surface area contributed by atoms with Crippen LogP contribution in [-0.2, 0) is 4.79 Å². The fourth-order valence-corrected chi connectivity index (χ4v) is 1.45. The van der Waals surface area contributed by atoms with Crippen LogP contribution < -0.4 is 26.6 Å². The van der Waals surface area contributed by atoms with E-state index in [-0.39, 0.29) is 11.9 Å². The number of hydrogen-bond donors (Lipinski definition) is 4. The van der Waals surface area contributed by atoms with Gasteiger partial charge in [0.05, 0.1) is 7.11 Å². The van der Waals surface area contributed by atoms with Crippen LogP contribution in [-0.4, -0.2) is 35.1 Å². The minimum absolute atomic E-state index is 0.0744. The summed E-state index contributed by atoms with van der Waals surface area (Å²) in [6, 6.07) is -0.387. The third-order valence-corrected chi connectivity index (χ3v) is 2.32. The van der Waals surface area contributed by atoms with Crippen molar-refractivity contribution in [2.75, 3.05) is 17.9 Å². The van der Waals surface area contributed by atoms with Gasteiger partial charge in [-0.05, 0) is 20.8 Å². The maximum Gasteiger partial charge on any atom is 0.242 e. The Balaban J connectivity index is 2.84. The average molecular weight is 268 g/mol. The van der Waals surface area contributed by atoms with E-state index < -0.39 is 6.04 Å². The van der Waals surface area contributed by atoms with E-state index in [1.165, 1.54) is 13.4 Å². The zero-order chi connectivity index (χ0) is 14.4. The molecule has 0 aromatic carbocycles. The first-order chi connectivity index (χ1) is 8.99. The second kappa shape index (κ2) is 6.74. The van der Waals surface area contributed by atoms with Crippen LogP contribution >= 0.6 is 0 Å². The molecular weight excluding hydrogens is 248 g/mol. The Kier molecular flexibility index (Phi) is 5.31. The number of methoxy groups -OCH3 is 1. The molecule has 1 amide bonds. The SMILES string of the molecule is COc1c(NN)ncnc1NC(C)C(=O)NC(C)C. The molecule has 1 aromatic rings. The fourth-order valence-electron chi connectivity index (χ4n) is 1.45. The number of rotatable bonds is 6. The van der Waals surface area contributed by atoms with Gasteiger partial charge in [0.15, 0.2) is 11.6 Å². The van der Waals surface area contributed by atoms with E-state index in [1.54, 1.807) is 6.92 Å². The first-order valence-electron chi connectivity index (χ1n) is 5.92. The van der Waals surface area contributed by atoms with E-state index >= 15 is 0 Å². The van der Waals surface area contributed by atoms with E-state index in [2.05, 4.69) is 26.0 Å². The van der Waals surface area contributed by atoms with Gasteiger partial charge in [-0.25, -0.2) is 15.8 Å². The van der Waals surface area contributed by atoms with E-state index in [0.29, 0.717) is 17.4 Å². The summed E-state index contributed by atoms with van der Waals surface area (Å²) in [5.41, 5.74) is 2.40. The van der Waals surface area contributed by atoms with Crippen LogP contribution in [0.2, 0.25) is 0 Å². The molecule has 1 aromatic heterocycles. The van der Waals surface area contributed by atoms with Crippen LogP contribution in [0.3, 0.4) is 0 Å². The summed E-state index contributed by atoms with van der Waals surface area (Å²) in [6.45, 7) is 5.52. The lowest BCUT2D eigenvalue weighted by molar-refractivity contribution is -0.122. The molecule has 0 aliphatic carbocycles. The molecule has 0 saturated carbocycles. The highest BCUT2D eigenvalue weighted by molar-refractivity contribution is 5.84. The maximum absolute atomic E-state index is 11.8. The maximum atomic E-state index is 11.8. The molecule has 8 nitrogen and oxygen atoms in total. The van der Waals surface area contributed by atoms with Crippen LogP contribution in [0.4, 0.5) is 11.6 Å². The topological polar surface area (TPSA) is 114 Å². The molecule has 5 N–H and O–H groups in total. The number of aromatic nitrogens is 2. The van der Waals surface area contributed by atoms with E-state index in [0.717, 1.165) is 0 Å². The zero-order valence-corrected chi connectivity index (χ0v) is 11.5. The molecule has 19 heavy (non-hydrogen) atoms. The van der Waals surface area contributed by atoms with Gasteiger partial charge in [0.2, 0.25) is 11.7 Å². The second-order valence-electron chi connectivity index (χ2n) is 4.28. The molecule has 8 heteroatoms. The molecule has 0 bridgehead atoms. The Morgan fingerprint density at radius 1 is 1.32 bits per heavy atom. The first-order valence-corrected chi connectivity index (χ1v) is 5.92. The second-order valence-corrected chi connectivity index (χ2v) is 4.28. The number of nitrogen functional groups attached to an aromatic ring is 1. The van der Waals surface area contributed by atoms with Crippen LogP contribution in [0, 0.1) is 0 Å². The van der Waals surface area contributed by atoms with Gasteiger partial charge < -0.3 is 20.8 Å². The number of nitrogens with zero attached hydrogens (tertiary/aromatic N) is 2. The quantitative estimate of drug-likeness (QED) is 0.427. The highest BCUT2D eigenvalue weighted by Gasteiger charge is 2.18. The van der Waals surface area contributed by atoms with Gasteiger partial charge in [-0.1, -0.05) is 0 Å². The molecule has 0 saturated heterocycles. The summed E-state index contributed by atoms with van der Waals surface area (Å²) in [4.78, 5) is 19.8. The molecule has 0 spiro atoms. The number of ether oxygens (including phenoxy) is 1. The van der Waals surface area contributed by atoms with E-state index in [1.807, 2.05) is 13.8 Å². The standard InChI is InChI=1S/C11H20N6O2/c1-6(2)15-11(18)7(3)16-9-8(19-4)10(17-12)14-5-13-9/h5-7H,12H2,1-4H3,(H,15,18)(H2,13,14,16,17). The zero-order valence-electron chi connectivity index (χ0n) is 11.5. The average Bonchev–Trinajstić information content (AvgIpc) is 2.37. The lowest BCUT2D eigenvalue weighted by Gasteiger charge is -2.18. The van der Waals surface area contributed by atoms with Gasteiger partial charge in [0.25, 0.3) is 0 Å². The molecule has 0 radical (unpaired) electrons. The largest absolute Gasteiger partial charge is 0.490 e. The van der Waals surface area contributed by atoms with Crippen molar-refractivity contribution in [2.24, 2.45) is 5.84 Å². The number of anilines is 2. The lowest BCUT2D eigenvalue weighted by Crippen LogP contribution is -2.41. The molecule has 0 fully saturated rings. The smallest absolute Gasteiger partial charge is 0.242 e. The van der Waals surface area contributed by atoms with Gasteiger partial charge >= 0.3 is 0 Å². The van der Waals surface area contributed by atoms with E-state index in [9.17, 15) is 4.79 Å². The predicted octanol–water partition coefficient (Wildman–Crippen LogP) is 0.0958. The molecule has 0 aliphatic heterocycles. The van der Waals surface area contributed by atoms with Gasteiger partial charge in [-0.2, -0.15) is 0 Å². The summed E-state index contributed by atoms with van der Waals surface area (Å²) in [6.07, 6.45) is 1.33. The van der Waals surface area contributed by atoms with Crippen molar-refractivity contribution in [1.82, 2.24) is 15.3 Å². The van der Waals surface area contributed by atoms with Crippen molar-refractivity contribution in [2.45, 2.75) is 32.9 Å². The fraction of sp³-hybridized carbons (Fsp3) is 0.545. The minimum Gasteiger partial charge on any atom is -0.490 e. The molecular formula is C11H20N6O2. The van der Waals surface area contributed by atoms with Crippen LogP contribution in [0.1, 0.15) is 20.8 Å². The molecule has 1 atom stereocenters. The minimum atomic E-state index is -0.461. The number of carbonyl (C=O) groups excluding carboxylic acids is 1. The summed E-state index contributed by atoms with van der Waals surface area (Å²) in [7, 11) is 1.48. The van der Waals surface area contributed by atoms with Crippen molar-refractivity contribution < 1.29 is 9.53 Å². The van der Waals surface area contributed by atoms with Crippen molar-refractivity contribution in [1.29, 1.82) is 0 Å². The van der Waals surface area contributed by atoms with Gasteiger partial charge in [-0.3, -0.25) is 4.79 Å². The summed E-state index contributed by atoms with van der Waals surface area (Å²) in [5.74, 6) is 6.30. The molecule has 106 valence electrons. The first kappa shape index (κ1) is 15.0. The monoisotopic (exact) mass is 268 g/mol. The Hall–Kier alpha value is -2.09. The summed E-state index contributed by atoms with van der Waals surface area (Å²) < 4.78 is 5.17. The third-order valence-electron chi connectivity index (χ3n) is 2.32. The molecule has 0 aliphatic rings. The Bertz CT molecular complexity index is 437. The van der Waals surface area contributed by atoms with Crippen molar-refractivity contribution in [3.05, 3.63) is 6.33 Å². The molecule has 1 unspecified atom stereocenters. The van der Waals surface area contributed by atoms with Gasteiger partial charge in [0.1, 0.15) is 12.4 Å². The number of hydrogen-bond acceptors (Lipinski definition) is 7. The Labute approximate surface area is 112 Å². The van der Waals surface area contributed by atoms with E-state index in [4.69, 9.17) is 10.6 Å². The summed E-state index contributed by atoms with van der Waals surface area (Å²) >= 11 is 0. The Morgan fingerprint density at radius 3 is 2.47 bits per heavy atom. The lowest BCUT2D eigenvalue weighted by atomic mass is 10.2.